The molecule has 4 heteroatoms. The molecule has 1 saturated carbocycles. The van der Waals surface area contributed by atoms with Crippen molar-refractivity contribution in [2.24, 2.45) is 11.8 Å². The highest BCUT2D eigenvalue weighted by atomic mass is 16.2. The van der Waals surface area contributed by atoms with E-state index in [1.165, 1.54) is 5.56 Å². The molecular formula is C20H30N2O2. The van der Waals surface area contributed by atoms with Crippen LogP contribution in [-0.2, 0) is 9.59 Å². The summed E-state index contributed by atoms with van der Waals surface area (Å²) in [6.45, 7) is 6.96. The van der Waals surface area contributed by atoms with Gasteiger partial charge in [-0.15, -0.1) is 0 Å². The summed E-state index contributed by atoms with van der Waals surface area (Å²) >= 11 is 0. The molecule has 1 aliphatic rings. The van der Waals surface area contributed by atoms with E-state index >= 15 is 0 Å². The average molecular weight is 330 g/mol. The first-order valence-electron chi connectivity index (χ1n) is 9.17. The number of carbonyl (C=O) groups is 2. The summed E-state index contributed by atoms with van der Waals surface area (Å²) in [7, 11) is 0. The molecule has 1 aliphatic carbocycles. The van der Waals surface area contributed by atoms with Crippen molar-refractivity contribution in [1.82, 2.24) is 5.32 Å². The van der Waals surface area contributed by atoms with Gasteiger partial charge in [0, 0.05) is 24.1 Å². The van der Waals surface area contributed by atoms with E-state index in [1.807, 2.05) is 32.0 Å². The Morgan fingerprint density at radius 2 is 1.67 bits per heavy atom. The van der Waals surface area contributed by atoms with E-state index in [2.05, 4.69) is 17.6 Å². The molecule has 0 spiro atoms. The summed E-state index contributed by atoms with van der Waals surface area (Å²) in [5.41, 5.74) is 3.20. The van der Waals surface area contributed by atoms with E-state index in [4.69, 9.17) is 0 Å². The van der Waals surface area contributed by atoms with Crippen LogP contribution in [0.3, 0.4) is 0 Å². The Labute approximate surface area is 145 Å². The van der Waals surface area contributed by atoms with E-state index in [0.29, 0.717) is 0 Å². The summed E-state index contributed by atoms with van der Waals surface area (Å²) in [5, 5.41) is 6.08. The molecule has 1 aromatic rings. The summed E-state index contributed by atoms with van der Waals surface area (Å²) < 4.78 is 0. The molecule has 2 N–H and O–H groups in total. The smallest absolute Gasteiger partial charge is 0.227 e. The lowest BCUT2D eigenvalue weighted by Gasteiger charge is -2.27. The topological polar surface area (TPSA) is 58.2 Å². The lowest BCUT2D eigenvalue weighted by atomic mass is 9.81. The Hall–Kier alpha value is -1.84. The molecular weight excluding hydrogens is 300 g/mol. The minimum atomic E-state index is 0.0182. The van der Waals surface area contributed by atoms with Crippen LogP contribution in [0.4, 0.5) is 5.69 Å². The number of hydrogen-bond acceptors (Lipinski definition) is 2. The largest absolute Gasteiger partial charge is 0.356 e. The van der Waals surface area contributed by atoms with Crippen molar-refractivity contribution >= 4 is 17.5 Å². The minimum absolute atomic E-state index is 0.0182. The Bertz CT molecular complexity index is 575. The van der Waals surface area contributed by atoms with Crippen LogP contribution in [0.1, 0.15) is 56.6 Å². The summed E-state index contributed by atoms with van der Waals surface area (Å²) in [6.07, 6.45) is 5.32. The first-order valence-corrected chi connectivity index (χ1v) is 9.17. The van der Waals surface area contributed by atoms with Crippen LogP contribution in [0, 0.1) is 25.7 Å². The number of carbonyl (C=O) groups excluding carboxylic acids is 2. The Kier molecular flexibility index (Phi) is 6.83. The number of rotatable bonds is 6. The fourth-order valence-electron chi connectivity index (χ4n) is 3.27. The van der Waals surface area contributed by atoms with E-state index in [1.54, 1.807) is 0 Å². The molecule has 0 bridgehead atoms. The predicted octanol–water partition coefficient (Wildman–Crippen LogP) is 3.96. The van der Waals surface area contributed by atoms with Crippen molar-refractivity contribution in [1.29, 1.82) is 0 Å². The first-order chi connectivity index (χ1) is 11.5. The van der Waals surface area contributed by atoms with Crippen LogP contribution in [0.15, 0.2) is 18.2 Å². The van der Waals surface area contributed by atoms with E-state index in [9.17, 15) is 9.59 Å². The van der Waals surface area contributed by atoms with Crippen molar-refractivity contribution in [2.75, 3.05) is 11.9 Å². The van der Waals surface area contributed by atoms with E-state index < -0.39 is 0 Å². The highest BCUT2D eigenvalue weighted by Gasteiger charge is 2.29. The van der Waals surface area contributed by atoms with Gasteiger partial charge in [0.1, 0.15) is 0 Å². The number of amides is 2. The molecule has 1 aromatic carbocycles. The Balaban J connectivity index is 1.82. The number of nitrogens with one attached hydrogen (secondary N) is 2. The van der Waals surface area contributed by atoms with E-state index in [0.717, 1.165) is 56.3 Å². The zero-order valence-electron chi connectivity index (χ0n) is 15.2. The highest BCUT2D eigenvalue weighted by molar-refractivity contribution is 5.93. The molecule has 0 heterocycles. The third kappa shape index (κ3) is 4.83. The van der Waals surface area contributed by atoms with Gasteiger partial charge in [-0.25, -0.2) is 0 Å². The molecule has 1 fully saturated rings. The number of unbranched alkanes of at least 4 members (excludes halogenated alkanes) is 1. The molecule has 2 rings (SSSR count). The van der Waals surface area contributed by atoms with Gasteiger partial charge in [-0.3, -0.25) is 9.59 Å². The SMILES string of the molecule is CCCCNC(=O)C1CCC(C(=O)Nc2cccc(C)c2C)CC1. The second kappa shape index (κ2) is 8.86. The number of benzene rings is 1. The standard InChI is InChI=1S/C20H30N2O2/c1-4-5-13-21-19(23)16-9-11-17(12-10-16)20(24)22-18-8-6-7-14(2)15(18)3/h6-8,16-17H,4-5,9-13H2,1-3H3,(H,21,23)(H,22,24). The summed E-state index contributed by atoms with van der Waals surface area (Å²) in [4.78, 5) is 24.6. The minimum Gasteiger partial charge on any atom is -0.356 e. The van der Waals surface area contributed by atoms with Gasteiger partial charge >= 0.3 is 0 Å². The van der Waals surface area contributed by atoms with Crippen molar-refractivity contribution in [3.05, 3.63) is 29.3 Å². The molecule has 4 nitrogen and oxygen atoms in total. The van der Waals surface area contributed by atoms with Crippen LogP contribution in [0.5, 0.6) is 0 Å². The normalized spacial score (nSPS) is 20.5. The molecule has 132 valence electrons. The highest BCUT2D eigenvalue weighted by Crippen LogP contribution is 2.30. The van der Waals surface area contributed by atoms with Gasteiger partial charge in [0.25, 0.3) is 0 Å². The molecule has 24 heavy (non-hydrogen) atoms. The van der Waals surface area contributed by atoms with Gasteiger partial charge in [0.15, 0.2) is 0 Å². The second-order valence-electron chi connectivity index (χ2n) is 6.93. The fraction of sp³-hybridized carbons (Fsp3) is 0.600. The number of aryl methyl sites for hydroxylation is 1. The maximum atomic E-state index is 12.5. The zero-order valence-corrected chi connectivity index (χ0v) is 15.2. The molecule has 0 saturated heterocycles. The van der Waals surface area contributed by atoms with Crippen LogP contribution >= 0.6 is 0 Å². The molecule has 0 radical (unpaired) electrons. The lowest BCUT2D eigenvalue weighted by molar-refractivity contribution is -0.128. The van der Waals surface area contributed by atoms with Crippen molar-refractivity contribution in [3.8, 4) is 0 Å². The molecule has 0 atom stereocenters. The Morgan fingerprint density at radius 3 is 2.29 bits per heavy atom. The van der Waals surface area contributed by atoms with Gasteiger partial charge in [0.05, 0.1) is 0 Å². The maximum Gasteiger partial charge on any atom is 0.227 e. The van der Waals surface area contributed by atoms with Crippen LogP contribution in [-0.4, -0.2) is 18.4 Å². The van der Waals surface area contributed by atoms with Crippen molar-refractivity contribution in [3.63, 3.8) is 0 Å². The predicted molar refractivity (Wildman–Crippen MR) is 97.9 cm³/mol. The quantitative estimate of drug-likeness (QED) is 0.776. The van der Waals surface area contributed by atoms with Gasteiger partial charge in [-0.1, -0.05) is 25.5 Å². The van der Waals surface area contributed by atoms with Crippen LogP contribution in [0.25, 0.3) is 0 Å². The van der Waals surface area contributed by atoms with Gasteiger partial charge < -0.3 is 10.6 Å². The van der Waals surface area contributed by atoms with Crippen molar-refractivity contribution in [2.45, 2.75) is 59.3 Å². The maximum absolute atomic E-state index is 12.5. The van der Waals surface area contributed by atoms with Crippen LogP contribution in [0.2, 0.25) is 0 Å². The first kappa shape index (κ1) is 18.5. The third-order valence-corrected chi connectivity index (χ3v) is 5.16. The molecule has 2 amide bonds. The second-order valence-corrected chi connectivity index (χ2v) is 6.93. The third-order valence-electron chi connectivity index (χ3n) is 5.16. The van der Waals surface area contributed by atoms with Crippen molar-refractivity contribution < 1.29 is 9.59 Å². The molecule has 0 aliphatic heterocycles. The molecule has 0 unspecified atom stereocenters. The van der Waals surface area contributed by atoms with E-state index in [-0.39, 0.29) is 23.7 Å². The number of hydrogen-bond donors (Lipinski definition) is 2. The average Bonchev–Trinajstić information content (AvgIpc) is 2.59. The number of anilines is 1. The van der Waals surface area contributed by atoms with Gasteiger partial charge in [0.2, 0.25) is 11.8 Å². The summed E-state index contributed by atoms with van der Waals surface area (Å²) in [5.74, 6) is 0.349. The van der Waals surface area contributed by atoms with Gasteiger partial charge in [-0.2, -0.15) is 0 Å². The Morgan fingerprint density at radius 1 is 1.04 bits per heavy atom. The fourth-order valence-corrected chi connectivity index (χ4v) is 3.27. The summed E-state index contributed by atoms with van der Waals surface area (Å²) in [6, 6.07) is 5.97. The lowest BCUT2D eigenvalue weighted by Crippen LogP contribution is -2.36. The zero-order chi connectivity index (χ0) is 17.5. The van der Waals surface area contributed by atoms with Gasteiger partial charge in [-0.05, 0) is 63.1 Å². The monoisotopic (exact) mass is 330 g/mol. The van der Waals surface area contributed by atoms with Crippen LogP contribution < -0.4 is 10.6 Å². The molecule has 0 aromatic heterocycles.